The van der Waals surface area contributed by atoms with Crippen LogP contribution in [-0.2, 0) is 4.79 Å². The molecule has 0 radical (unpaired) electrons. The molecule has 3 atom stereocenters. The molecule has 1 aliphatic carbocycles. The normalized spacial score (nSPS) is 32.2. The van der Waals surface area contributed by atoms with E-state index in [4.69, 9.17) is 4.74 Å². The van der Waals surface area contributed by atoms with Gasteiger partial charge in [-0.1, -0.05) is 18.9 Å². The molecule has 3 aliphatic rings. The fourth-order valence-corrected chi connectivity index (χ4v) is 4.84. The van der Waals surface area contributed by atoms with E-state index < -0.39 is 0 Å². The van der Waals surface area contributed by atoms with Gasteiger partial charge in [0, 0.05) is 30.6 Å². The van der Waals surface area contributed by atoms with Crippen molar-refractivity contribution in [1.82, 2.24) is 10.2 Å². The van der Waals surface area contributed by atoms with E-state index >= 15 is 0 Å². The lowest BCUT2D eigenvalue weighted by molar-refractivity contribution is -0.131. The number of benzene rings is 1. The minimum absolute atomic E-state index is 0.0253. The number of amides is 2. The molecule has 2 saturated heterocycles. The summed E-state index contributed by atoms with van der Waals surface area (Å²) in [5.41, 5.74) is 0.303. The highest BCUT2D eigenvalue weighted by atomic mass is 16.5. The van der Waals surface area contributed by atoms with Gasteiger partial charge in [0.05, 0.1) is 12.5 Å². The Kier molecular flexibility index (Phi) is 3.32. The number of hydrogen-bond donors (Lipinski definition) is 1. The highest BCUT2D eigenvalue weighted by Crippen LogP contribution is 2.53. The van der Waals surface area contributed by atoms with Crippen molar-refractivity contribution in [2.24, 2.45) is 11.3 Å². The highest BCUT2D eigenvalue weighted by molar-refractivity contribution is 5.97. The molecule has 1 spiro atoms. The molecule has 1 saturated carbocycles. The van der Waals surface area contributed by atoms with Crippen molar-refractivity contribution < 1.29 is 14.3 Å². The monoisotopic (exact) mass is 314 g/mol. The van der Waals surface area contributed by atoms with Crippen LogP contribution < -0.4 is 10.1 Å². The van der Waals surface area contributed by atoms with Crippen molar-refractivity contribution >= 4 is 11.8 Å². The number of carbonyl (C=O) groups is 2. The third-order valence-electron chi connectivity index (χ3n) is 5.94. The number of nitrogens with zero attached hydrogens (tertiary/aromatic N) is 1. The summed E-state index contributed by atoms with van der Waals surface area (Å²) in [7, 11) is 1.60. The summed E-state index contributed by atoms with van der Waals surface area (Å²) in [6.07, 6.45) is 4.02. The molecule has 2 aliphatic heterocycles. The zero-order valence-corrected chi connectivity index (χ0v) is 13.4. The summed E-state index contributed by atoms with van der Waals surface area (Å²) in [5.74, 6) is 1.13. The Morgan fingerprint density at radius 2 is 2.26 bits per heavy atom. The quantitative estimate of drug-likeness (QED) is 0.906. The summed E-state index contributed by atoms with van der Waals surface area (Å²) in [6.45, 7) is 1.39. The van der Waals surface area contributed by atoms with Crippen LogP contribution in [0.4, 0.5) is 0 Å². The molecule has 5 heteroatoms. The molecular formula is C18H22N2O3. The Labute approximate surface area is 136 Å². The van der Waals surface area contributed by atoms with Gasteiger partial charge in [0.1, 0.15) is 5.75 Å². The van der Waals surface area contributed by atoms with Gasteiger partial charge in [-0.2, -0.15) is 0 Å². The summed E-state index contributed by atoms with van der Waals surface area (Å²) in [4.78, 5) is 27.5. The van der Waals surface area contributed by atoms with Crippen molar-refractivity contribution in [3.63, 3.8) is 0 Å². The Morgan fingerprint density at radius 3 is 3.09 bits per heavy atom. The fourth-order valence-electron chi connectivity index (χ4n) is 4.84. The summed E-state index contributed by atoms with van der Waals surface area (Å²) in [5, 5.41) is 3.03. The van der Waals surface area contributed by atoms with Crippen molar-refractivity contribution in [2.75, 3.05) is 20.2 Å². The smallest absolute Gasteiger partial charge is 0.254 e. The molecule has 2 heterocycles. The Balaban J connectivity index is 1.67. The molecule has 122 valence electrons. The first kappa shape index (κ1) is 14.5. The maximum Gasteiger partial charge on any atom is 0.254 e. The second-order valence-electron chi connectivity index (χ2n) is 6.90. The topological polar surface area (TPSA) is 58.6 Å². The Hall–Kier alpha value is -2.04. The zero-order valence-electron chi connectivity index (χ0n) is 13.4. The van der Waals surface area contributed by atoms with Crippen LogP contribution in [0, 0.1) is 11.3 Å². The molecule has 4 rings (SSSR count). The lowest BCUT2D eigenvalue weighted by Gasteiger charge is -2.39. The summed E-state index contributed by atoms with van der Waals surface area (Å²) < 4.78 is 5.23. The molecule has 3 fully saturated rings. The molecular weight excluding hydrogens is 292 g/mol. The van der Waals surface area contributed by atoms with Gasteiger partial charge in [-0.3, -0.25) is 9.59 Å². The van der Waals surface area contributed by atoms with E-state index in [1.807, 2.05) is 23.1 Å². The first-order valence-corrected chi connectivity index (χ1v) is 8.40. The Bertz CT molecular complexity index is 659. The summed E-state index contributed by atoms with van der Waals surface area (Å²) >= 11 is 0. The predicted molar refractivity (Wildman–Crippen MR) is 85.2 cm³/mol. The average Bonchev–Trinajstić information content (AvgIpc) is 3.08. The number of likely N-dealkylation sites (tertiary alicyclic amines) is 1. The van der Waals surface area contributed by atoms with Gasteiger partial charge < -0.3 is 15.0 Å². The maximum absolute atomic E-state index is 13.0. The van der Waals surface area contributed by atoms with Crippen LogP contribution in [0.3, 0.4) is 0 Å². The van der Waals surface area contributed by atoms with Gasteiger partial charge in [0.2, 0.25) is 5.91 Å². The van der Waals surface area contributed by atoms with Crippen molar-refractivity contribution in [1.29, 1.82) is 0 Å². The van der Waals surface area contributed by atoms with Gasteiger partial charge in [0.15, 0.2) is 0 Å². The van der Waals surface area contributed by atoms with E-state index in [0.717, 1.165) is 25.7 Å². The maximum atomic E-state index is 13.0. The molecule has 0 aromatic heterocycles. The van der Waals surface area contributed by atoms with Crippen molar-refractivity contribution in [3.8, 4) is 5.75 Å². The third-order valence-corrected chi connectivity index (χ3v) is 5.94. The van der Waals surface area contributed by atoms with E-state index in [9.17, 15) is 9.59 Å². The van der Waals surface area contributed by atoms with Gasteiger partial charge in [-0.25, -0.2) is 0 Å². The van der Waals surface area contributed by atoms with E-state index in [0.29, 0.717) is 24.4 Å². The summed E-state index contributed by atoms with van der Waals surface area (Å²) in [6, 6.07) is 7.33. The van der Waals surface area contributed by atoms with Crippen LogP contribution in [0.2, 0.25) is 0 Å². The Morgan fingerprint density at radius 1 is 1.39 bits per heavy atom. The van der Waals surface area contributed by atoms with E-state index in [1.54, 1.807) is 13.2 Å². The first-order chi connectivity index (χ1) is 11.2. The predicted octanol–water partition coefficient (Wildman–Crippen LogP) is 1.83. The molecule has 5 nitrogen and oxygen atoms in total. The lowest BCUT2D eigenvalue weighted by atomic mass is 9.67. The number of rotatable bonds is 2. The van der Waals surface area contributed by atoms with Crippen LogP contribution in [0.5, 0.6) is 5.75 Å². The number of nitrogens with one attached hydrogen (secondary N) is 1. The molecule has 2 amide bonds. The molecule has 23 heavy (non-hydrogen) atoms. The fraction of sp³-hybridized carbons (Fsp3) is 0.556. The van der Waals surface area contributed by atoms with Gasteiger partial charge in [-0.05, 0) is 31.0 Å². The van der Waals surface area contributed by atoms with Crippen molar-refractivity contribution in [2.45, 2.75) is 31.7 Å². The van der Waals surface area contributed by atoms with Gasteiger partial charge >= 0.3 is 0 Å². The number of hydrogen-bond acceptors (Lipinski definition) is 3. The number of methoxy groups -OCH3 is 1. The van der Waals surface area contributed by atoms with Crippen LogP contribution in [0.15, 0.2) is 24.3 Å². The standard InChI is InChI=1S/C18H22N2O3/c1-23-14-6-4-5-12(9-14)16(21)20-11-13-10-19-17(22)18(13)8-3-2-7-15(18)20/h4-6,9,13,15H,2-3,7-8,10-11H2,1H3,(H,19,22). The van der Waals surface area contributed by atoms with E-state index in [-0.39, 0.29) is 29.2 Å². The van der Waals surface area contributed by atoms with Crippen LogP contribution >= 0.6 is 0 Å². The van der Waals surface area contributed by atoms with E-state index in [1.165, 1.54) is 0 Å². The highest BCUT2D eigenvalue weighted by Gasteiger charge is 2.63. The average molecular weight is 314 g/mol. The van der Waals surface area contributed by atoms with E-state index in [2.05, 4.69) is 5.32 Å². The first-order valence-electron chi connectivity index (χ1n) is 8.40. The SMILES string of the molecule is COc1cccc(C(=O)N2CC3CNC(=O)C34CCCCC24)c1. The largest absolute Gasteiger partial charge is 0.497 e. The van der Waals surface area contributed by atoms with Gasteiger partial charge in [0.25, 0.3) is 5.91 Å². The zero-order chi connectivity index (χ0) is 16.0. The molecule has 0 bridgehead atoms. The van der Waals surface area contributed by atoms with Crippen molar-refractivity contribution in [3.05, 3.63) is 29.8 Å². The van der Waals surface area contributed by atoms with Crippen LogP contribution in [-0.4, -0.2) is 43.0 Å². The second-order valence-corrected chi connectivity index (χ2v) is 6.90. The molecule has 1 aromatic carbocycles. The third kappa shape index (κ3) is 1.98. The molecule has 1 N–H and O–H groups in total. The van der Waals surface area contributed by atoms with Gasteiger partial charge in [-0.15, -0.1) is 0 Å². The van der Waals surface area contributed by atoms with Crippen LogP contribution in [0.25, 0.3) is 0 Å². The lowest BCUT2D eigenvalue weighted by Crippen LogP contribution is -2.50. The minimum Gasteiger partial charge on any atom is -0.497 e. The molecule has 1 aromatic rings. The molecule has 3 unspecified atom stereocenters. The number of carbonyl (C=O) groups excluding carboxylic acids is 2. The van der Waals surface area contributed by atoms with Crippen LogP contribution in [0.1, 0.15) is 36.0 Å². The second kappa shape index (κ2) is 5.25. The minimum atomic E-state index is -0.340. The number of ether oxygens (including phenoxy) is 1.